The second-order valence-electron chi connectivity index (χ2n) is 7.24. The number of pyridine rings is 1. The van der Waals surface area contributed by atoms with Gasteiger partial charge in [-0.1, -0.05) is 6.07 Å². The van der Waals surface area contributed by atoms with Crippen molar-refractivity contribution in [3.05, 3.63) is 36.2 Å². The quantitative estimate of drug-likeness (QED) is 0.563. The number of rotatable bonds is 4. The lowest BCUT2D eigenvalue weighted by Gasteiger charge is -2.28. The van der Waals surface area contributed by atoms with Crippen molar-refractivity contribution >= 4 is 27.6 Å². The normalized spacial score (nSPS) is 14.5. The fourth-order valence-electron chi connectivity index (χ4n) is 3.84. The van der Waals surface area contributed by atoms with Crippen molar-refractivity contribution in [2.24, 2.45) is 0 Å². The first kappa shape index (κ1) is 17.7. The zero-order valence-electron chi connectivity index (χ0n) is 16.5. The van der Waals surface area contributed by atoms with Gasteiger partial charge in [0.1, 0.15) is 17.1 Å². The Labute approximate surface area is 167 Å². The number of hydrogen-bond acceptors (Lipinski definition) is 7. The van der Waals surface area contributed by atoms with Crippen LogP contribution in [0.25, 0.3) is 21.8 Å². The lowest BCUT2D eigenvalue weighted by Crippen LogP contribution is -2.30. The molecule has 1 N–H and O–H groups in total. The highest BCUT2D eigenvalue weighted by Gasteiger charge is 2.21. The van der Waals surface area contributed by atoms with Crippen molar-refractivity contribution in [1.29, 1.82) is 0 Å². The van der Waals surface area contributed by atoms with Gasteiger partial charge in [-0.25, -0.2) is 4.98 Å². The summed E-state index contributed by atoms with van der Waals surface area (Å²) >= 11 is 0. The molecule has 8 nitrogen and oxygen atoms in total. The summed E-state index contributed by atoms with van der Waals surface area (Å²) in [5.41, 5.74) is 2.54. The second-order valence-corrected chi connectivity index (χ2v) is 7.24. The second kappa shape index (κ2) is 7.20. The first-order valence-corrected chi connectivity index (χ1v) is 9.81. The van der Waals surface area contributed by atoms with Crippen LogP contribution in [0.3, 0.4) is 0 Å². The maximum absolute atomic E-state index is 6.30. The van der Waals surface area contributed by atoms with Gasteiger partial charge in [0, 0.05) is 19.3 Å². The third-order valence-electron chi connectivity index (χ3n) is 5.35. The van der Waals surface area contributed by atoms with Crippen LogP contribution in [0.1, 0.15) is 24.8 Å². The van der Waals surface area contributed by atoms with Crippen LogP contribution < -0.4 is 14.4 Å². The molecule has 1 saturated heterocycles. The fourth-order valence-corrected chi connectivity index (χ4v) is 3.84. The summed E-state index contributed by atoms with van der Waals surface area (Å²) in [6.07, 6.45) is 7.07. The number of methoxy groups -OCH3 is 1. The third kappa shape index (κ3) is 3.10. The minimum Gasteiger partial charge on any atom is -0.467 e. The molecule has 148 valence electrons. The summed E-state index contributed by atoms with van der Waals surface area (Å²) in [5, 5.41) is 8.93. The predicted octanol–water partition coefficient (Wildman–Crippen LogP) is 4.00. The summed E-state index contributed by atoms with van der Waals surface area (Å²) < 4.78 is 11.7. The van der Waals surface area contributed by atoms with Crippen molar-refractivity contribution in [3.8, 4) is 17.6 Å². The maximum Gasteiger partial charge on any atom is 0.318 e. The molecule has 29 heavy (non-hydrogen) atoms. The minimum absolute atomic E-state index is 0.314. The van der Waals surface area contributed by atoms with E-state index in [1.807, 2.05) is 25.1 Å². The number of aryl methyl sites for hydroxylation is 1. The van der Waals surface area contributed by atoms with E-state index in [1.165, 1.54) is 6.42 Å². The number of nitrogens with zero attached hydrogens (tertiary/aromatic N) is 5. The lowest BCUT2D eigenvalue weighted by molar-refractivity contribution is 0.380. The molecule has 0 radical (unpaired) electrons. The van der Waals surface area contributed by atoms with E-state index in [4.69, 9.17) is 9.47 Å². The van der Waals surface area contributed by atoms with Crippen LogP contribution in [-0.2, 0) is 0 Å². The predicted molar refractivity (Wildman–Crippen MR) is 111 cm³/mol. The molecule has 5 rings (SSSR count). The highest BCUT2D eigenvalue weighted by Crippen LogP contribution is 2.37. The van der Waals surface area contributed by atoms with E-state index in [2.05, 4.69) is 30.0 Å². The molecule has 4 aromatic rings. The SMILES string of the molecule is COc1nc(N2CCCCC2)c2ccnc(Oc3c(C)ccc4[nH]ncc34)c2n1. The lowest BCUT2D eigenvalue weighted by atomic mass is 10.1. The van der Waals surface area contributed by atoms with Crippen LogP contribution in [0, 0.1) is 6.92 Å². The summed E-state index contributed by atoms with van der Waals surface area (Å²) in [6.45, 7) is 3.95. The molecule has 1 fully saturated rings. The zero-order chi connectivity index (χ0) is 19.8. The molecule has 1 aliphatic rings. The number of aromatic nitrogens is 5. The Morgan fingerprint density at radius 3 is 2.72 bits per heavy atom. The molecule has 4 heterocycles. The monoisotopic (exact) mass is 390 g/mol. The molecule has 1 aromatic carbocycles. The van der Waals surface area contributed by atoms with Crippen LogP contribution in [0.5, 0.6) is 17.6 Å². The van der Waals surface area contributed by atoms with Gasteiger partial charge in [0.25, 0.3) is 0 Å². The number of anilines is 1. The van der Waals surface area contributed by atoms with Crippen LogP contribution in [-0.4, -0.2) is 45.3 Å². The zero-order valence-corrected chi connectivity index (χ0v) is 16.5. The molecule has 0 unspecified atom stereocenters. The molecule has 1 aliphatic heterocycles. The van der Waals surface area contributed by atoms with Gasteiger partial charge in [-0.05, 0) is 43.9 Å². The number of ether oxygens (including phenoxy) is 2. The van der Waals surface area contributed by atoms with Gasteiger partial charge >= 0.3 is 6.01 Å². The van der Waals surface area contributed by atoms with E-state index < -0.39 is 0 Å². The third-order valence-corrected chi connectivity index (χ3v) is 5.35. The molecule has 0 aliphatic carbocycles. The van der Waals surface area contributed by atoms with Gasteiger partial charge in [0.05, 0.1) is 29.6 Å². The van der Waals surface area contributed by atoms with E-state index >= 15 is 0 Å². The number of piperidine rings is 1. The van der Waals surface area contributed by atoms with Gasteiger partial charge in [-0.3, -0.25) is 5.10 Å². The van der Waals surface area contributed by atoms with Crippen molar-refractivity contribution in [2.45, 2.75) is 26.2 Å². The van der Waals surface area contributed by atoms with Crippen LogP contribution in [0.15, 0.2) is 30.6 Å². The number of fused-ring (bicyclic) bond motifs is 2. The molecule has 0 bridgehead atoms. The molecule has 0 saturated carbocycles. The Morgan fingerprint density at radius 1 is 1.03 bits per heavy atom. The van der Waals surface area contributed by atoms with E-state index in [-0.39, 0.29) is 0 Å². The Balaban J connectivity index is 1.66. The van der Waals surface area contributed by atoms with Crippen LogP contribution >= 0.6 is 0 Å². The average Bonchev–Trinajstić information content (AvgIpc) is 3.25. The van der Waals surface area contributed by atoms with Gasteiger partial charge in [-0.2, -0.15) is 15.1 Å². The Morgan fingerprint density at radius 2 is 1.90 bits per heavy atom. The highest BCUT2D eigenvalue weighted by atomic mass is 16.5. The molecule has 8 heteroatoms. The summed E-state index contributed by atoms with van der Waals surface area (Å²) in [6, 6.07) is 6.24. The first-order valence-electron chi connectivity index (χ1n) is 9.81. The topological polar surface area (TPSA) is 89.0 Å². The first-order chi connectivity index (χ1) is 14.2. The Hall–Kier alpha value is -3.42. The molecular weight excluding hydrogens is 368 g/mol. The molecule has 0 spiro atoms. The molecule has 3 aromatic heterocycles. The number of aromatic amines is 1. The molecular formula is C21H22N6O2. The smallest absolute Gasteiger partial charge is 0.318 e. The summed E-state index contributed by atoms with van der Waals surface area (Å²) in [4.78, 5) is 16.0. The fraction of sp³-hybridized carbons (Fsp3) is 0.333. The Kier molecular flexibility index (Phi) is 4.38. The minimum atomic E-state index is 0.314. The Bertz CT molecular complexity index is 1180. The van der Waals surface area contributed by atoms with E-state index in [0.29, 0.717) is 23.2 Å². The van der Waals surface area contributed by atoms with E-state index in [0.717, 1.165) is 53.6 Å². The molecule has 0 amide bonds. The number of benzene rings is 1. The number of nitrogens with one attached hydrogen (secondary N) is 1. The number of H-pyrrole nitrogens is 1. The van der Waals surface area contributed by atoms with E-state index in [9.17, 15) is 0 Å². The van der Waals surface area contributed by atoms with Crippen molar-refractivity contribution in [2.75, 3.05) is 25.1 Å². The highest BCUT2D eigenvalue weighted by molar-refractivity contribution is 5.93. The van der Waals surface area contributed by atoms with E-state index in [1.54, 1.807) is 19.5 Å². The molecule has 0 atom stereocenters. The summed E-state index contributed by atoms with van der Waals surface area (Å²) in [5.74, 6) is 2.02. The van der Waals surface area contributed by atoms with Crippen molar-refractivity contribution in [1.82, 2.24) is 25.1 Å². The van der Waals surface area contributed by atoms with Crippen LogP contribution in [0.4, 0.5) is 5.82 Å². The van der Waals surface area contributed by atoms with Gasteiger partial charge < -0.3 is 14.4 Å². The van der Waals surface area contributed by atoms with Gasteiger partial charge in [0.2, 0.25) is 5.88 Å². The standard InChI is InChI=1S/C21H22N6O2/c1-13-6-7-16-15(12-23-26-16)18(13)29-20-17-14(8-9-22-20)19(25-21(24-17)28-2)27-10-4-3-5-11-27/h6-9,12H,3-5,10-11H2,1-2H3,(H,23,26). The van der Waals surface area contributed by atoms with Crippen molar-refractivity contribution < 1.29 is 9.47 Å². The summed E-state index contributed by atoms with van der Waals surface area (Å²) in [7, 11) is 1.58. The number of hydrogen-bond donors (Lipinski definition) is 1. The largest absolute Gasteiger partial charge is 0.467 e. The van der Waals surface area contributed by atoms with Gasteiger partial charge in [0.15, 0.2) is 0 Å². The maximum atomic E-state index is 6.30. The van der Waals surface area contributed by atoms with Crippen molar-refractivity contribution in [3.63, 3.8) is 0 Å². The average molecular weight is 390 g/mol. The van der Waals surface area contributed by atoms with Crippen LogP contribution in [0.2, 0.25) is 0 Å². The van der Waals surface area contributed by atoms with Gasteiger partial charge in [-0.15, -0.1) is 0 Å².